The first-order valence-electron chi connectivity index (χ1n) is 2.78. The quantitative estimate of drug-likeness (QED) is 0.555. The average molecular weight is 151 g/mol. The van der Waals surface area contributed by atoms with Gasteiger partial charge in [0.05, 0.1) is 0 Å². The molecule has 0 aliphatic carbocycles. The lowest BCUT2D eigenvalue weighted by atomic mass is 10.4. The van der Waals surface area contributed by atoms with Crippen LogP contribution in [0, 0.1) is 0 Å². The molecule has 0 saturated heterocycles. The summed E-state index contributed by atoms with van der Waals surface area (Å²) in [5.74, 6) is 1.19. The Morgan fingerprint density at radius 2 is 2.38 bits per heavy atom. The normalized spacial score (nSPS) is 10.8. The van der Waals surface area contributed by atoms with Gasteiger partial charge in [0.2, 0.25) is 0 Å². The largest absolute Gasteiger partial charge is 0.133 e. The molecule has 0 N–H and O–H groups in total. The number of thioether (sulfide) groups is 1. The van der Waals surface area contributed by atoms with E-state index in [0.29, 0.717) is 0 Å². The first-order chi connectivity index (χ1) is 3.91. The van der Waals surface area contributed by atoms with Crippen molar-refractivity contribution in [2.24, 2.45) is 0 Å². The predicted molar refractivity (Wildman–Crippen MR) is 42.4 cm³/mol. The summed E-state index contributed by atoms with van der Waals surface area (Å²) in [5.41, 5.74) is 1.56. The molecule has 48 valence electrons. The Hall–Kier alpha value is 0.380. The third-order valence-corrected chi connectivity index (χ3v) is 1.89. The molecule has 0 aromatic heterocycles. The number of halogens is 1. The Labute approximate surface area is 60.3 Å². The standard InChI is InChI=1S/C6H11ClS/c1-2-3-5-8-6-4-7/h4,6H,2-3,5H2,1H3. The highest BCUT2D eigenvalue weighted by Gasteiger charge is 1.79. The number of unbranched alkanes of at least 4 members (excludes halogenated alkanes) is 1. The van der Waals surface area contributed by atoms with Gasteiger partial charge in [-0.15, -0.1) is 11.8 Å². The van der Waals surface area contributed by atoms with E-state index >= 15 is 0 Å². The van der Waals surface area contributed by atoms with Gasteiger partial charge in [0.25, 0.3) is 0 Å². The van der Waals surface area contributed by atoms with Gasteiger partial charge in [0.15, 0.2) is 0 Å². The minimum absolute atomic E-state index is 1.19. The minimum Gasteiger partial charge on any atom is -0.133 e. The van der Waals surface area contributed by atoms with E-state index < -0.39 is 0 Å². The first-order valence-corrected chi connectivity index (χ1v) is 4.27. The van der Waals surface area contributed by atoms with Gasteiger partial charge < -0.3 is 0 Å². The van der Waals surface area contributed by atoms with Crippen molar-refractivity contribution in [2.45, 2.75) is 19.8 Å². The maximum Gasteiger partial charge on any atom is 0.0106 e. The van der Waals surface area contributed by atoms with Crippen LogP contribution in [0.15, 0.2) is 10.9 Å². The van der Waals surface area contributed by atoms with Crippen LogP contribution in [0.5, 0.6) is 0 Å². The van der Waals surface area contributed by atoms with E-state index in [2.05, 4.69) is 6.92 Å². The van der Waals surface area contributed by atoms with Crippen molar-refractivity contribution in [1.29, 1.82) is 0 Å². The van der Waals surface area contributed by atoms with Crippen LogP contribution in [-0.4, -0.2) is 5.75 Å². The van der Waals surface area contributed by atoms with Crippen LogP contribution in [-0.2, 0) is 0 Å². The van der Waals surface area contributed by atoms with Crippen molar-refractivity contribution >= 4 is 23.4 Å². The van der Waals surface area contributed by atoms with Gasteiger partial charge in [0.1, 0.15) is 0 Å². The highest BCUT2D eigenvalue weighted by atomic mass is 35.5. The van der Waals surface area contributed by atoms with E-state index in [-0.39, 0.29) is 0 Å². The van der Waals surface area contributed by atoms with Crippen molar-refractivity contribution in [3.05, 3.63) is 10.9 Å². The Morgan fingerprint density at radius 1 is 1.62 bits per heavy atom. The summed E-state index contributed by atoms with van der Waals surface area (Å²) in [5, 5.41) is 1.91. The molecule has 0 amide bonds. The minimum atomic E-state index is 1.19. The second-order valence-corrected chi connectivity index (χ2v) is 2.75. The summed E-state index contributed by atoms with van der Waals surface area (Å²) in [7, 11) is 0. The zero-order chi connectivity index (χ0) is 6.24. The Kier molecular flexibility index (Phi) is 7.73. The van der Waals surface area contributed by atoms with Crippen LogP contribution in [0.3, 0.4) is 0 Å². The summed E-state index contributed by atoms with van der Waals surface area (Å²) < 4.78 is 0. The third kappa shape index (κ3) is 6.38. The van der Waals surface area contributed by atoms with E-state index in [0.717, 1.165) is 0 Å². The summed E-state index contributed by atoms with van der Waals surface area (Å²) in [6.45, 7) is 2.19. The molecule has 0 aliphatic rings. The third-order valence-electron chi connectivity index (χ3n) is 0.763. The molecule has 0 unspecified atom stereocenters. The van der Waals surface area contributed by atoms with Gasteiger partial charge in [-0.3, -0.25) is 0 Å². The fraction of sp³-hybridized carbons (Fsp3) is 0.667. The van der Waals surface area contributed by atoms with Crippen molar-refractivity contribution in [3.8, 4) is 0 Å². The summed E-state index contributed by atoms with van der Waals surface area (Å²) in [4.78, 5) is 0. The molecule has 0 aromatic rings. The molecular formula is C6H11ClS. The molecule has 0 aromatic carbocycles. The van der Waals surface area contributed by atoms with E-state index in [4.69, 9.17) is 11.6 Å². The molecule has 0 nitrogen and oxygen atoms in total. The van der Waals surface area contributed by atoms with Crippen molar-refractivity contribution in [2.75, 3.05) is 5.75 Å². The second-order valence-electron chi connectivity index (χ2n) is 1.49. The zero-order valence-electron chi connectivity index (χ0n) is 5.06. The van der Waals surface area contributed by atoms with Gasteiger partial charge in [-0.1, -0.05) is 24.9 Å². The molecule has 8 heavy (non-hydrogen) atoms. The van der Waals surface area contributed by atoms with Gasteiger partial charge in [-0.25, -0.2) is 0 Å². The number of hydrogen-bond donors (Lipinski definition) is 0. The molecule has 2 heteroatoms. The second kappa shape index (κ2) is 7.38. The van der Waals surface area contributed by atoms with Gasteiger partial charge in [-0.05, 0) is 17.6 Å². The van der Waals surface area contributed by atoms with Crippen molar-refractivity contribution in [1.82, 2.24) is 0 Å². The maximum atomic E-state index is 5.28. The smallest absolute Gasteiger partial charge is 0.0106 e. The lowest BCUT2D eigenvalue weighted by molar-refractivity contribution is 0.898. The number of hydrogen-bond acceptors (Lipinski definition) is 1. The monoisotopic (exact) mass is 150 g/mol. The molecular weight excluding hydrogens is 140 g/mol. The van der Waals surface area contributed by atoms with E-state index in [9.17, 15) is 0 Å². The molecule has 0 radical (unpaired) electrons. The molecule has 0 bridgehead atoms. The highest BCUT2D eigenvalue weighted by molar-refractivity contribution is 8.02. The fourth-order valence-corrected chi connectivity index (χ4v) is 1.21. The molecule has 0 spiro atoms. The summed E-state index contributed by atoms with van der Waals surface area (Å²) >= 11 is 7.04. The molecule has 0 rings (SSSR count). The Morgan fingerprint density at radius 3 is 2.88 bits per heavy atom. The SMILES string of the molecule is CCCCSC=CCl. The Bertz CT molecular complexity index is 61.5. The van der Waals surface area contributed by atoms with E-state index in [1.165, 1.54) is 18.6 Å². The van der Waals surface area contributed by atoms with E-state index in [1.54, 1.807) is 17.3 Å². The van der Waals surface area contributed by atoms with Gasteiger partial charge >= 0.3 is 0 Å². The van der Waals surface area contributed by atoms with Crippen LogP contribution in [0.4, 0.5) is 0 Å². The lowest BCUT2D eigenvalue weighted by Gasteiger charge is -1.88. The molecule has 0 saturated carbocycles. The summed E-state index contributed by atoms with van der Waals surface area (Å²) in [6, 6.07) is 0. The summed E-state index contributed by atoms with van der Waals surface area (Å²) in [6.07, 6.45) is 2.55. The van der Waals surface area contributed by atoms with Crippen LogP contribution in [0.2, 0.25) is 0 Å². The fourth-order valence-electron chi connectivity index (χ4n) is 0.332. The first kappa shape index (κ1) is 8.38. The molecule has 0 fully saturated rings. The average Bonchev–Trinajstić information content (AvgIpc) is 1.81. The van der Waals surface area contributed by atoms with Crippen LogP contribution >= 0.6 is 23.4 Å². The maximum absolute atomic E-state index is 5.28. The van der Waals surface area contributed by atoms with E-state index in [1.807, 2.05) is 5.41 Å². The van der Waals surface area contributed by atoms with Gasteiger partial charge in [0, 0.05) is 5.54 Å². The zero-order valence-corrected chi connectivity index (χ0v) is 6.63. The van der Waals surface area contributed by atoms with Crippen molar-refractivity contribution in [3.63, 3.8) is 0 Å². The lowest BCUT2D eigenvalue weighted by Crippen LogP contribution is -1.71. The van der Waals surface area contributed by atoms with Crippen LogP contribution in [0.1, 0.15) is 19.8 Å². The molecule has 0 atom stereocenters. The van der Waals surface area contributed by atoms with Crippen molar-refractivity contribution < 1.29 is 0 Å². The topological polar surface area (TPSA) is 0 Å². The van der Waals surface area contributed by atoms with Crippen LogP contribution < -0.4 is 0 Å². The molecule has 0 aliphatic heterocycles. The number of rotatable bonds is 4. The van der Waals surface area contributed by atoms with Crippen LogP contribution in [0.25, 0.3) is 0 Å². The predicted octanol–water partition coefficient (Wildman–Crippen LogP) is 3.23. The molecule has 0 heterocycles. The highest BCUT2D eigenvalue weighted by Crippen LogP contribution is 2.05. The van der Waals surface area contributed by atoms with Gasteiger partial charge in [-0.2, -0.15) is 0 Å². The Balaban J connectivity index is 2.72.